The molecule has 8 heteroatoms. The minimum Gasteiger partial charge on any atom is -0.431 e. The summed E-state index contributed by atoms with van der Waals surface area (Å²) in [4.78, 5) is 21.9. The number of anilines is 1. The minimum atomic E-state index is -0.000785. The van der Waals surface area contributed by atoms with Gasteiger partial charge in [0.1, 0.15) is 11.6 Å². The molecule has 1 atom stereocenters. The van der Waals surface area contributed by atoms with E-state index in [-0.39, 0.29) is 11.9 Å². The summed E-state index contributed by atoms with van der Waals surface area (Å²) in [5, 5.41) is 5.85. The Morgan fingerprint density at radius 3 is 2.59 bits per heavy atom. The molecule has 0 aliphatic carbocycles. The molecule has 1 aromatic carbocycles. The van der Waals surface area contributed by atoms with E-state index in [4.69, 9.17) is 9.47 Å². The van der Waals surface area contributed by atoms with Gasteiger partial charge in [-0.25, -0.2) is 0 Å². The Labute approximate surface area is 174 Å². The Morgan fingerprint density at radius 2 is 1.90 bits per heavy atom. The van der Waals surface area contributed by atoms with Crippen molar-refractivity contribution in [3.63, 3.8) is 0 Å². The largest absolute Gasteiger partial charge is 0.431 e. The second-order valence-electron chi connectivity index (χ2n) is 7.92. The van der Waals surface area contributed by atoms with Gasteiger partial charge in [0.25, 0.3) is 11.1 Å². The average Bonchev–Trinajstić information content (AvgIpc) is 3.24. The number of amides is 1. The van der Waals surface area contributed by atoms with E-state index in [2.05, 4.69) is 20.1 Å². The molecule has 154 valence electrons. The third-order valence-electron chi connectivity index (χ3n) is 6.10. The van der Waals surface area contributed by atoms with Crippen LogP contribution in [0.3, 0.4) is 0 Å². The van der Waals surface area contributed by atoms with Gasteiger partial charge in [0, 0.05) is 36.6 Å². The molecule has 1 aromatic heterocycles. The molecule has 29 heavy (non-hydrogen) atoms. The van der Waals surface area contributed by atoms with Gasteiger partial charge in [-0.1, -0.05) is 11.3 Å². The molecule has 5 heterocycles. The van der Waals surface area contributed by atoms with Gasteiger partial charge in [-0.3, -0.25) is 4.79 Å². The number of carbonyl (C=O) groups is 1. The Hall–Kier alpha value is -2.16. The molecule has 4 saturated heterocycles. The second-order valence-corrected chi connectivity index (χ2v) is 8.74. The molecule has 1 amide bonds. The van der Waals surface area contributed by atoms with E-state index in [0.29, 0.717) is 22.4 Å². The number of benzene rings is 1. The number of rotatable bonds is 5. The molecule has 7 nitrogen and oxygen atoms in total. The summed E-state index contributed by atoms with van der Waals surface area (Å²) in [5.74, 6) is 2.24. The van der Waals surface area contributed by atoms with E-state index >= 15 is 0 Å². The lowest BCUT2D eigenvalue weighted by Crippen LogP contribution is -2.57. The van der Waals surface area contributed by atoms with Crippen molar-refractivity contribution in [1.29, 1.82) is 0 Å². The van der Waals surface area contributed by atoms with Crippen molar-refractivity contribution in [2.75, 3.05) is 50.8 Å². The molecule has 0 saturated carbocycles. The monoisotopic (exact) mass is 414 g/mol. The fraction of sp³-hybridized carbons (Fsp3) is 0.524. The molecular formula is C21H26N4O3S. The van der Waals surface area contributed by atoms with Crippen LogP contribution in [0.25, 0.3) is 0 Å². The smallest absolute Gasteiger partial charge is 0.280 e. The van der Waals surface area contributed by atoms with Crippen LogP contribution in [0.1, 0.15) is 23.2 Å². The lowest BCUT2D eigenvalue weighted by Gasteiger charge is -2.44. The molecule has 4 fully saturated rings. The number of thiazole rings is 1. The zero-order valence-electron chi connectivity index (χ0n) is 16.4. The maximum absolute atomic E-state index is 12.6. The summed E-state index contributed by atoms with van der Waals surface area (Å²) in [6, 6.07) is 7.59. The van der Waals surface area contributed by atoms with Crippen molar-refractivity contribution in [2.24, 2.45) is 5.92 Å². The van der Waals surface area contributed by atoms with Crippen molar-refractivity contribution < 1.29 is 14.3 Å². The number of piperidine rings is 3. The van der Waals surface area contributed by atoms with E-state index in [1.54, 1.807) is 0 Å². The van der Waals surface area contributed by atoms with Crippen LogP contribution >= 0.6 is 11.3 Å². The number of carbonyl (C=O) groups excluding carboxylic acids is 1. The zero-order valence-corrected chi connectivity index (χ0v) is 17.2. The molecule has 0 unspecified atom stereocenters. The first-order valence-electron chi connectivity index (χ1n) is 10.3. The summed E-state index contributed by atoms with van der Waals surface area (Å²) in [5.41, 5.74) is 0.668. The van der Waals surface area contributed by atoms with E-state index in [9.17, 15) is 4.79 Å². The third-order valence-corrected chi connectivity index (χ3v) is 6.81. The maximum Gasteiger partial charge on any atom is 0.280 e. The highest BCUT2D eigenvalue weighted by Gasteiger charge is 2.34. The molecule has 4 aliphatic heterocycles. The second kappa shape index (κ2) is 8.30. The van der Waals surface area contributed by atoms with Gasteiger partial charge >= 0.3 is 0 Å². The number of morpholine rings is 1. The number of aromatic nitrogens is 1. The van der Waals surface area contributed by atoms with Crippen molar-refractivity contribution in [1.82, 2.24) is 15.2 Å². The molecule has 6 rings (SSSR count). The predicted molar refractivity (Wildman–Crippen MR) is 112 cm³/mol. The Morgan fingerprint density at radius 1 is 1.14 bits per heavy atom. The Bertz CT molecular complexity index is 842. The molecule has 0 radical (unpaired) electrons. The van der Waals surface area contributed by atoms with Crippen LogP contribution in [0.2, 0.25) is 0 Å². The highest BCUT2D eigenvalue weighted by atomic mass is 32.1. The standard InChI is InChI=1S/C21H26N4O3S/c26-20(22-18-13-24-7-5-15(18)6-8-24)16-1-3-17(4-2-16)28-21-23-19(14-29-21)25-9-11-27-12-10-25/h1-4,14-15,18H,5-13H2,(H,22,26)/t18-/m0/s1. The van der Waals surface area contributed by atoms with Crippen LogP contribution in [0.5, 0.6) is 10.9 Å². The predicted octanol–water partition coefficient (Wildman–Crippen LogP) is 2.60. The lowest BCUT2D eigenvalue weighted by molar-refractivity contribution is 0.0620. The Kier molecular flexibility index (Phi) is 5.39. The van der Waals surface area contributed by atoms with Gasteiger partial charge in [-0.2, -0.15) is 4.98 Å². The lowest BCUT2D eigenvalue weighted by atomic mass is 9.84. The first-order valence-corrected chi connectivity index (χ1v) is 11.2. The highest BCUT2D eigenvalue weighted by Crippen LogP contribution is 2.30. The molecule has 2 bridgehead atoms. The fourth-order valence-corrected chi connectivity index (χ4v) is 5.09. The summed E-state index contributed by atoms with van der Waals surface area (Å²) in [7, 11) is 0. The van der Waals surface area contributed by atoms with Gasteiger partial charge in [0.05, 0.1) is 13.2 Å². The van der Waals surface area contributed by atoms with E-state index in [1.165, 1.54) is 37.3 Å². The summed E-state index contributed by atoms with van der Waals surface area (Å²) in [6.07, 6.45) is 2.38. The topological polar surface area (TPSA) is 66.9 Å². The molecule has 2 aromatic rings. The van der Waals surface area contributed by atoms with Gasteiger partial charge in [-0.05, 0) is 56.1 Å². The van der Waals surface area contributed by atoms with Crippen molar-refractivity contribution >= 4 is 23.1 Å². The Balaban J connectivity index is 1.18. The van der Waals surface area contributed by atoms with Gasteiger partial charge in [0.15, 0.2) is 0 Å². The van der Waals surface area contributed by atoms with Crippen LogP contribution in [0.15, 0.2) is 29.6 Å². The average molecular weight is 415 g/mol. The van der Waals surface area contributed by atoms with Crippen LogP contribution in [-0.4, -0.2) is 67.8 Å². The maximum atomic E-state index is 12.6. The van der Waals surface area contributed by atoms with Gasteiger partial charge < -0.3 is 24.6 Å². The van der Waals surface area contributed by atoms with Gasteiger partial charge in [0.2, 0.25) is 0 Å². The van der Waals surface area contributed by atoms with E-state index in [1.807, 2.05) is 29.6 Å². The van der Waals surface area contributed by atoms with E-state index < -0.39 is 0 Å². The fourth-order valence-electron chi connectivity index (χ4n) is 4.39. The van der Waals surface area contributed by atoms with Gasteiger partial charge in [-0.15, -0.1) is 0 Å². The summed E-state index contributed by atoms with van der Waals surface area (Å²) in [6.45, 7) is 6.50. The molecule has 0 spiro atoms. The number of nitrogens with one attached hydrogen (secondary N) is 1. The number of hydrogen-bond acceptors (Lipinski definition) is 7. The van der Waals surface area contributed by atoms with Crippen LogP contribution < -0.4 is 15.0 Å². The van der Waals surface area contributed by atoms with Crippen LogP contribution in [0, 0.1) is 5.92 Å². The minimum absolute atomic E-state index is 0.000785. The van der Waals surface area contributed by atoms with Crippen molar-refractivity contribution in [3.8, 4) is 10.9 Å². The number of nitrogens with zero attached hydrogens (tertiary/aromatic N) is 3. The zero-order chi connectivity index (χ0) is 19.6. The molecule has 4 aliphatic rings. The van der Waals surface area contributed by atoms with Crippen LogP contribution in [0.4, 0.5) is 5.82 Å². The van der Waals surface area contributed by atoms with Crippen molar-refractivity contribution in [3.05, 3.63) is 35.2 Å². The first-order chi connectivity index (χ1) is 14.2. The SMILES string of the molecule is O=C(N[C@H]1CN2CCC1CC2)c1ccc(Oc2nc(N3CCOCC3)cs2)cc1. The van der Waals surface area contributed by atoms with E-state index in [0.717, 1.165) is 38.7 Å². The number of ether oxygens (including phenoxy) is 2. The van der Waals surface area contributed by atoms with Crippen molar-refractivity contribution in [2.45, 2.75) is 18.9 Å². The van der Waals surface area contributed by atoms with Crippen LogP contribution in [-0.2, 0) is 4.74 Å². The normalized spacial score (nSPS) is 26.3. The third kappa shape index (κ3) is 4.24. The molecule has 1 N–H and O–H groups in total. The summed E-state index contributed by atoms with van der Waals surface area (Å²) < 4.78 is 11.3. The quantitative estimate of drug-likeness (QED) is 0.811. The number of hydrogen-bond donors (Lipinski definition) is 1. The first kappa shape index (κ1) is 18.8. The highest BCUT2D eigenvalue weighted by molar-refractivity contribution is 7.11. The summed E-state index contributed by atoms with van der Waals surface area (Å²) >= 11 is 1.48. The number of fused-ring (bicyclic) bond motifs is 3. The molecular weight excluding hydrogens is 388 g/mol.